The zero-order chi connectivity index (χ0) is 100. The molecule has 0 aromatic rings. The highest BCUT2D eigenvalue weighted by Crippen LogP contribution is 2.42. The minimum Gasteiger partial charge on any atom is -0.394 e. The van der Waals surface area contributed by atoms with Crippen molar-refractivity contribution in [2.24, 2.45) is 0 Å². The van der Waals surface area contributed by atoms with Gasteiger partial charge in [-0.3, -0.25) is 24.0 Å². The zero-order valence-corrected chi connectivity index (χ0v) is 73.4. The third kappa shape index (κ3) is 24.8. The number of aliphatic hydroxyl groups excluding tert-OH is 29. The average Bonchev–Trinajstić information content (AvgIpc) is 0.697. The van der Waals surface area contributed by atoms with Crippen LogP contribution in [0.25, 0.3) is 0 Å². The Morgan fingerprint density at radius 3 is 0.882 bits per heavy atom. The van der Waals surface area contributed by atoms with E-state index in [1.165, 1.54) is 6.92 Å². The van der Waals surface area contributed by atoms with Crippen molar-refractivity contribution in [2.75, 3.05) is 66.1 Å². The Morgan fingerprint density at radius 2 is 0.463 bits per heavy atom. The van der Waals surface area contributed by atoms with Crippen LogP contribution in [0.2, 0.25) is 0 Å². The predicted octanol–water partition coefficient (Wildman–Crippen LogP) is -23.2. The largest absolute Gasteiger partial charge is 0.394 e. The van der Waals surface area contributed by atoms with Crippen molar-refractivity contribution in [3.8, 4) is 0 Å². The average molecular weight is 1990 g/mol. The van der Waals surface area contributed by atoms with E-state index in [0.29, 0.717) is 0 Å². The Bertz CT molecular complexity index is 3760. The summed E-state index contributed by atoms with van der Waals surface area (Å²) in [7, 11) is 0. The number of carbonyl (C=O) groups excluding carboxylic acids is 5. The van der Waals surface area contributed by atoms with Gasteiger partial charge in [-0.15, -0.1) is 0 Å². The van der Waals surface area contributed by atoms with E-state index in [4.69, 9.17) is 99.5 Å². The number of hydrogen-bond donors (Lipinski definition) is 34. The van der Waals surface area contributed by atoms with Crippen LogP contribution in [0.15, 0.2) is 0 Å². The zero-order valence-electron chi connectivity index (χ0n) is 73.4. The lowest BCUT2D eigenvalue weighted by Gasteiger charge is -2.52. The molecule has 11 saturated heterocycles. The Balaban J connectivity index is 1.00. The second-order valence-corrected chi connectivity index (χ2v) is 34.5. The minimum absolute atomic E-state index is 0.866. The molecule has 136 heavy (non-hydrogen) atoms. The van der Waals surface area contributed by atoms with Gasteiger partial charge in [0.05, 0.1) is 72.2 Å². The Hall–Kier alpha value is -4.65. The highest BCUT2D eigenvalue weighted by Gasteiger charge is 2.63. The summed E-state index contributed by atoms with van der Waals surface area (Å²) in [5.74, 6) is -4.93. The number of ether oxygens (including phenoxy) is 21. The maximum Gasteiger partial charge on any atom is 0.217 e. The molecule has 0 spiro atoms. The molecule has 60 nitrogen and oxygen atoms in total. The van der Waals surface area contributed by atoms with Crippen molar-refractivity contribution >= 4 is 29.5 Å². The summed E-state index contributed by atoms with van der Waals surface area (Å²) in [4.78, 5) is 65.5. The molecule has 0 unspecified atom stereocenters. The fourth-order valence-corrected chi connectivity index (χ4v) is 17.7. The molecule has 0 bridgehead atoms. The molecular formula is C76H127N5O55. The molecule has 55 atom stereocenters. The van der Waals surface area contributed by atoms with E-state index < -0.39 is 433 Å². The third-order valence-corrected chi connectivity index (χ3v) is 24.9. The Morgan fingerprint density at radius 1 is 0.206 bits per heavy atom. The number of carbonyl (C=O) groups is 5. The van der Waals surface area contributed by atoms with Crippen molar-refractivity contribution in [1.29, 1.82) is 0 Å². The number of nitrogens with one attached hydrogen (secondary N) is 5. The summed E-state index contributed by atoms with van der Waals surface area (Å²) < 4.78 is 128. The fraction of sp³-hybridized carbons (Fsp3) is 0.934. The Labute approximate surface area is 770 Å². The fourth-order valence-electron chi connectivity index (χ4n) is 17.7. The first kappa shape index (κ1) is 112. The lowest BCUT2D eigenvalue weighted by Crippen LogP contribution is -2.72. The molecule has 11 fully saturated rings. The molecule has 11 aliphatic heterocycles. The van der Waals surface area contributed by atoms with Crippen molar-refractivity contribution in [3.63, 3.8) is 0 Å². The van der Waals surface area contributed by atoms with E-state index in [1.807, 2.05) is 0 Å². The summed E-state index contributed by atoms with van der Waals surface area (Å²) in [6, 6.07) is -10.0. The number of hydrogen-bond acceptors (Lipinski definition) is 55. The van der Waals surface area contributed by atoms with Crippen LogP contribution in [-0.4, -0.2) is 581 Å². The molecule has 11 rings (SSSR count). The predicted molar refractivity (Wildman–Crippen MR) is 419 cm³/mol. The maximum absolute atomic E-state index is 13.5. The van der Waals surface area contributed by atoms with Gasteiger partial charge in [0.15, 0.2) is 69.2 Å². The summed E-state index contributed by atoms with van der Waals surface area (Å²) in [5.41, 5.74) is 0. The van der Waals surface area contributed by atoms with E-state index in [1.54, 1.807) is 0 Å². The summed E-state index contributed by atoms with van der Waals surface area (Å²) in [6.07, 6.45) is -108. The molecule has 0 radical (unpaired) electrons. The van der Waals surface area contributed by atoms with Crippen LogP contribution in [0.4, 0.5) is 0 Å². The number of amides is 5. The number of aliphatic hydroxyl groups is 29. The normalized spacial score (nSPS) is 49.2. The van der Waals surface area contributed by atoms with Gasteiger partial charge >= 0.3 is 0 Å². The molecule has 11 aliphatic rings. The molecule has 0 saturated carbocycles. The first-order valence-electron chi connectivity index (χ1n) is 43.5. The quantitative estimate of drug-likeness (QED) is 0.0280. The minimum atomic E-state index is -2.82. The summed E-state index contributed by atoms with van der Waals surface area (Å²) in [5, 5.41) is 340. The lowest BCUT2D eigenvalue weighted by molar-refractivity contribution is -0.409. The van der Waals surface area contributed by atoms with E-state index in [2.05, 4.69) is 26.6 Å². The van der Waals surface area contributed by atoms with Gasteiger partial charge in [0.25, 0.3) is 0 Å². The van der Waals surface area contributed by atoms with Gasteiger partial charge < -0.3 is 274 Å². The van der Waals surface area contributed by atoms with Gasteiger partial charge in [0, 0.05) is 34.6 Å². The van der Waals surface area contributed by atoms with Gasteiger partial charge in [-0.1, -0.05) is 0 Å². The first-order chi connectivity index (χ1) is 64.3. The van der Waals surface area contributed by atoms with Crippen molar-refractivity contribution < 1.29 is 272 Å². The SMILES string of the molecule is CC(=O)N[C@@H]1[C@H](O[C@H]2[C@H](O[C@H]3O[C@H](CO)[C@@H](O)[C@H](O)[C@@H]3O[C@@H]3O[C@H](CO)[C@@H](O[C@@H]4O[C@H](CO)[C@H](O)[C@H](O[C@H]5O[C@H](CO)[C@H](O)[C@H](O)[C@H]5O)[C@H]4O)[C@H](O)[C@H]3NC(C)=O)[C@H](O)[C@H](O[C@H]3[C@H](O)[C@@H](NC(C)=O)[C@H](O[C@H]4[C@H](O)[C@@H](NC(C)=O)[C@H](O)O[C@@H]4CO[C@@H]4O[C@@H](C)[C@@H](O)[C@@H](O)[C@@H]4O)O[C@@H]3CO)O[C@@H]2CO[C@H]2O[C@H](CO)[C@@H](O)[C@H](O)[C@@H]2O[C@@H]2O[C@H](CO)[C@@H](O)[C@H](O)[C@H]2NC(C)=O)O[C@H](CO)[C@@H](O)[C@@H]1O. The molecule has 60 heteroatoms. The van der Waals surface area contributed by atoms with Crippen molar-refractivity contribution in [3.05, 3.63) is 0 Å². The third-order valence-electron chi connectivity index (χ3n) is 24.9. The lowest BCUT2D eigenvalue weighted by atomic mass is 9.93. The van der Waals surface area contributed by atoms with Crippen LogP contribution in [0.3, 0.4) is 0 Å². The van der Waals surface area contributed by atoms with Crippen LogP contribution < -0.4 is 26.6 Å². The van der Waals surface area contributed by atoms with Crippen LogP contribution in [0.1, 0.15) is 41.5 Å². The molecule has 0 aromatic carbocycles. The van der Waals surface area contributed by atoms with Gasteiger partial charge in [-0.2, -0.15) is 0 Å². The molecule has 34 N–H and O–H groups in total. The van der Waals surface area contributed by atoms with E-state index in [-0.39, 0.29) is 0 Å². The van der Waals surface area contributed by atoms with E-state index >= 15 is 0 Å². The Kier molecular flexibility index (Phi) is 40.1. The maximum atomic E-state index is 13.5. The van der Waals surface area contributed by atoms with Crippen molar-refractivity contribution in [2.45, 2.75) is 379 Å². The van der Waals surface area contributed by atoms with E-state index in [0.717, 1.165) is 34.6 Å². The van der Waals surface area contributed by atoms with Gasteiger partial charge in [-0.25, -0.2) is 0 Å². The smallest absolute Gasteiger partial charge is 0.217 e. The number of rotatable bonds is 35. The highest BCUT2D eigenvalue weighted by atomic mass is 16.8. The molecule has 5 amide bonds. The molecule has 0 aliphatic carbocycles. The van der Waals surface area contributed by atoms with Crippen molar-refractivity contribution in [1.82, 2.24) is 26.6 Å². The van der Waals surface area contributed by atoms with Crippen LogP contribution in [0.5, 0.6) is 0 Å². The van der Waals surface area contributed by atoms with E-state index in [9.17, 15) is 172 Å². The second-order valence-electron chi connectivity index (χ2n) is 34.5. The van der Waals surface area contributed by atoms with Gasteiger partial charge in [-0.05, 0) is 6.92 Å². The first-order valence-corrected chi connectivity index (χ1v) is 43.5. The molecule has 786 valence electrons. The topological polar surface area (TPSA) is 926 Å². The highest BCUT2D eigenvalue weighted by molar-refractivity contribution is 5.75. The molecule has 11 heterocycles. The molecular weight excluding hydrogens is 1860 g/mol. The monoisotopic (exact) mass is 1990 g/mol. The van der Waals surface area contributed by atoms with Crippen LogP contribution >= 0.6 is 0 Å². The standard InChI is InChI=1S/C76H127N5O55/c1-17-38(95)50(107)54(111)71(118-17)116-15-31-60(47(104)33(66(115)119-31)77-18(2)90)129-69-36(80-21(5)93)48(105)59(29(13-88)126-69)131-74-57(114)63(61(132-67-34(78-19(3)91)45(102)39(96)23(7-82)120-67)32(128-74)16-117-75-64(52(109)42(99)26(10-85)124-75)135-68-35(79-20(4)92)46(103)40(97)24(8-83)121-68)134-76-65(53(110)43(100)27(11-86)125-76)136-70-37(81-22(6)94)49(106)58(30(14-89)127-70)130-73-56(113)62(44(101)28(12-87)123-73)133-72-55(112)51(108)41(98)25(9-84)122-72/h17,23-76,82-89,95-115H,7-16H2,1-6H3,(H,77,90)(H,78,91)(H,79,92)(H,80,93)(H,81,94)/t17-,23+,24+,25+,26+,27+,28+,29+,30+,31+,32+,33+,34-,35+,36+,37+,38+,39+,40+,41-,42+,43+,44-,45+,46+,47+,48+,49+,50+,51-,52-,53-,54-,55+,56+,57-,58+,59+,60+,61+,62-,63+,64-,65-,66+,67-,68-,69-,70-,71+,72+,73-,74-,75-,76+/m0/s1. The van der Waals surface area contributed by atoms with Gasteiger partial charge in [0.1, 0.15) is 262 Å². The van der Waals surface area contributed by atoms with Crippen LogP contribution in [-0.2, 0) is 123 Å². The summed E-state index contributed by atoms with van der Waals surface area (Å²) in [6.45, 7) is -5.93. The van der Waals surface area contributed by atoms with Gasteiger partial charge in [0.2, 0.25) is 29.5 Å². The second kappa shape index (κ2) is 48.8. The van der Waals surface area contributed by atoms with Crippen LogP contribution in [0, 0.1) is 0 Å². The summed E-state index contributed by atoms with van der Waals surface area (Å²) >= 11 is 0. The molecule has 0 aromatic heterocycles.